The molecular formula is C25H45N7OS2. The summed E-state index contributed by atoms with van der Waals surface area (Å²) in [7, 11) is 0. The molecule has 2 heterocycles. The van der Waals surface area contributed by atoms with Gasteiger partial charge in [-0.1, -0.05) is 13.8 Å². The zero-order chi connectivity index (χ0) is 26.6. The third-order valence-electron chi connectivity index (χ3n) is 5.86. The van der Waals surface area contributed by atoms with Gasteiger partial charge in [-0.05, 0) is 104 Å². The molecule has 0 spiro atoms. The van der Waals surface area contributed by atoms with E-state index in [0.717, 1.165) is 12.3 Å². The summed E-state index contributed by atoms with van der Waals surface area (Å²) in [5.41, 5.74) is 7.09. The topological polar surface area (TPSA) is 89.2 Å². The van der Waals surface area contributed by atoms with E-state index in [1.54, 1.807) is 0 Å². The van der Waals surface area contributed by atoms with E-state index < -0.39 is 0 Å². The van der Waals surface area contributed by atoms with Gasteiger partial charge in [0.05, 0.1) is 12.3 Å². The first kappa shape index (κ1) is 31.0. The van der Waals surface area contributed by atoms with Crippen molar-refractivity contribution >= 4 is 46.1 Å². The van der Waals surface area contributed by atoms with Crippen molar-refractivity contribution in [2.24, 2.45) is 10.2 Å². The van der Waals surface area contributed by atoms with E-state index in [1.165, 1.54) is 19.3 Å². The normalized spacial score (nSPS) is 17.6. The monoisotopic (exact) mass is 523 g/mol. The summed E-state index contributed by atoms with van der Waals surface area (Å²) < 4.78 is 6.27. The predicted octanol–water partition coefficient (Wildman–Crippen LogP) is 4.90. The van der Waals surface area contributed by atoms with Crippen LogP contribution in [0, 0.1) is 0 Å². The molecule has 1 aromatic heterocycles. The van der Waals surface area contributed by atoms with Gasteiger partial charge in [-0.3, -0.25) is 15.8 Å². The molecule has 10 heteroatoms. The molecule has 35 heavy (non-hydrogen) atoms. The van der Waals surface area contributed by atoms with E-state index >= 15 is 0 Å². The number of nitrogens with zero attached hydrogens (tertiary/aromatic N) is 3. The Labute approximate surface area is 222 Å². The fourth-order valence-corrected chi connectivity index (χ4v) is 4.61. The Hall–Kier alpha value is -2.04. The van der Waals surface area contributed by atoms with Gasteiger partial charge in [0.15, 0.2) is 16.0 Å². The fourth-order valence-electron chi connectivity index (χ4n) is 4.23. The van der Waals surface area contributed by atoms with Gasteiger partial charge in [0, 0.05) is 24.2 Å². The van der Waals surface area contributed by atoms with Crippen molar-refractivity contribution in [3.63, 3.8) is 0 Å². The summed E-state index contributed by atoms with van der Waals surface area (Å²) in [5, 5.41) is 15.8. The minimum Gasteiger partial charge on any atom is -0.458 e. The highest BCUT2D eigenvalue weighted by Crippen LogP contribution is 2.39. The minimum atomic E-state index is 0.106. The van der Waals surface area contributed by atoms with Crippen molar-refractivity contribution in [2.75, 3.05) is 13.1 Å². The van der Waals surface area contributed by atoms with Gasteiger partial charge >= 0.3 is 0 Å². The second-order valence-corrected chi connectivity index (χ2v) is 10.2. The summed E-state index contributed by atoms with van der Waals surface area (Å²) >= 11 is 10.5. The predicted molar refractivity (Wildman–Crippen MR) is 156 cm³/mol. The lowest BCUT2D eigenvalue weighted by molar-refractivity contribution is -0.0384. The molecule has 1 aromatic rings. The smallest absolute Gasteiger partial charge is 0.186 e. The first-order chi connectivity index (χ1) is 16.5. The maximum Gasteiger partial charge on any atom is 0.186 e. The quantitative estimate of drug-likeness (QED) is 0.217. The van der Waals surface area contributed by atoms with Crippen LogP contribution in [0.25, 0.3) is 0 Å². The molecule has 4 N–H and O–H groups in total. The minimum absolute atomic E-state index is 0.106. The summed E-state index contributed by atoms with van der Waals surface area (Å²) in [4.78, 5) is 2.54. The largest absolute Gasteiger partial charge is 0.458 e. The molecule has 1 saturated heterocycles. The van der Waals surface area contributed by atoms with Crippen molar-refractivity contribution in [1.82, 2.24) is 26.4 Å². The van der Waals surface area contributed by atoms with E-state index in [4.69, 9.17) is 28.9 Å². The highest BCUT2D eigenvalue weighted by atomic mass is 32.1. The van der Waals surface area contributed by atoms with E-state index in [1.807, 2.05) is 46.8 Å². The fraction of sp³-hybridized carbons (Fsp3) is 0.680. The molecule has 0 atom stereocenters. The number of likely N-dealkylation sites (tertiary alicyclic amines) is 1. The first-order valence-corrected chi connectivity index (χ1v) is 13.4. The van der Waals surface area contributed by atoms with E-state index in [9.17, 15) is 0 Å². The number of hydrogen-bond donors (Lipinski definition) is 4. The van der Waals surface area contributed by atoms with Crippen molar-refractivity contribution in [1.29, 1.82) is 0 Å². The van der Waals surface area contributed by atoms with E-state index in [-0.39, 0.29) is 11.1 Å². The van der Waals surface area contributed by atoms with Crippen molar-refractivity contribution in [3.8, 4) is 0 Å². The van der Waals surface area contributed by atoms with Crippen LogP contribution < -0.4 is 21.5 Å². The van der Waals surface area contributed by atoms with Gasteiger partial charge in [0.2, 0.25) is 0 Å². The average Bonchev–Trinajstić information content (AvgIpc) is 3.25. The molecule has 0 saturated carbocycles. The van der Waals surface area contributed by atoms with Gasteiger partial charge in [0.1, 0.15) is 11.5 Å². The van der Waals surface area contributed by atoms with E-state index in [0.29, 0.717) is 40.5 Å². The molecule has 0 radical (unpaired) electrons. The molecule has 1 fully saturated rings. The van der Waals surface area contributed by atoms with Crippen LogP contribution in [-0.4, -0.2) is 50.7 Å². The summed E-state index contributed by atoms with van der Waals surface area (Å²) in [6, 6.07) is 3.94. The Morgan fingerprint density at radius 1 is 0.943 bits per heavy atom. The Morgan fingerprint density at radius 2 is 1.46 bits per heavy atom. The van der Waals surface area contributed by atoms with Crippen molar-refractivity contribution in [2.45, 2.75) is 99.2 Å². The van der Waals surface area contributed by atoms with Gasteiger partial charge in [-0.25, -0.2) is 0 Å². The third-order valence-corrected chi connectivity index (χ3v) is 6.33. The molecule has 0 amide bonds. The lowest BCUT2D eigenvalue weighted by Gasteiger charge is -2.52. The summed E-state index contributed by atoms with van der Waals surface area (Å²) in [5.74, 6) is 1.50. The highest BCUT2D eigenvalue weighted by molar-refractivity contribution is 7.80. The van der Waals surface area contributed by atoms with Gasteiger partial charge in [-0.15, -0.1) is 0 Å². The number of rotatable bonds is 8. The Balaban J connectivity index is 0.00000298. The van der Waals surface area contributed by atoms with Crippen LogP contribution in [0.15, 0.2) is 26.8 Å². The first-order valence-electron chi connectivity index (χ1n) is 12.6. The van der Waals surface area contributed by atoms with Crippen LogP contribution in [0.4, 0.5) is 0 Å². The lowest BCUT2D eigenvalue weighted by atomic mass is 9.80. The van der Waals surface area contributed by atoms with Crippen LogP contribution in [-0.2, 0) is 6.54 Å². The van der Waals surface area contributed by atoms with Crippen molar-refractivity contribution < 1.29 is 4.42 Å². The highest BCUT2D eigenvalue weighted by Gasteiger charge is 2.41. The molecule has 1 aliphatic rings. The molecule has 198 valence electrons. The zero-order valence-electron chi connectivity index (χ0n) is 23.0. The van der Waals surface area contributed by atoms with Crippen LogP contribution >= 0.6 is 24.4 Å². The SMILES string of the molecule is CC.CCNC(=S)N/N=C(C)/C(=N\NC(=S)NCC)c1ccc(CN2C(C)(C)CCCC2(C)C)o1. The maximum absolute atomic E-state index is 6.27. The van der Waals surface area contributed by atoms with Gasteiger partial charge in [-0.2, -0.15) is 10.2 Å². The Kier molecular flexibility index (Phi) is 12.8. The standard InChI is InChI=1S/C23H39N7OS2.C2H6/c1-8-24-20(32)28-26-16(3)19(27-29-21(33)25-9-2)18-12-11-17(31-18)15-30-22(4,5)13-10-14-23(30,6)7;1-2/h11-12H,8-10,13-15H2,1-7H3,(H2,24,28,32)(H2,25,29,33);1-2H3/b26-16+,27-19+;. The maximum atomic E-state index is 6.27. The number of hydrogen-bond acceptors (Lipinski definition) is 6. The summed E-state index contributed by atoms with van der Waals surface area (Å²) in [6.45, 7) is 21.2. The number of nitrogens with one attached hydrogen (secondary N) is 4. The zero-order valence-corrected chi connectivity index (χ0v) is 24.6. The lowest BCUT2D eigenvalue weighted by Crippen LogP contribution is -2.57. The van der Waals surface area contributed by atoms with Gasteiger partial charge < -0.3 is 15.1 Å². The number of furan rings is 1. The Morgan fingerprint density at radius 3 is 1.97 bits per heavy atom. The van der Waals surface area contributed by atoms with Gasteiger partial charge in [0.25, 0.3) is 0 Å². The molecule has 8 nitrogen and oxygen atoms in total. The molecule has 2 rings (SSSR count). The summed E-state index contributed by atoms with van der Waals surface area (Å²) in [6.07, 6.45) is 3.59. The molecule has 0 aromatic carbocycles. The number of hydrazone groups is 2. The van der Waals surface area contributed by atoms with Crippen LogP contribution in [0.1, 0.15) is 93.1 Å². The number of piperidine rings is 1. The van der Waals surface area contributed by atoms with Crippen LogP contribution in [0.3, 0.4) is 0 Å². The molecule has 0 aliphatic carbocycles. The molecule has 0 unspecified atom stereocenters. The van der Waals surface area contributed by atoms with Crippen LogP contribution in [0.5, 0.6) is 0 Å². The van der Waals surface area contributed by atoms with Crippen LogP contribution in [0.2, 0.25) is 0 Å². The number of thiocarbonyl (C=S) groups is 2. The molecule has 1 aliphatic heterocycles. The second kappa shape index (κ2) is 14.5. The van der Waals surface area contributed by atoms with E-state index in [2.05, 4.69) is 64.3 Å². The third kappa shape index (κ3) is 9.50. The Bertz CT molecular complexity index is 874. The average molecular weight is 524 g/mol. The van der Waals surface area contributed by atoms with Crippen molar-refractivity contribution in [3.05, 3.63) is 23.7 Å². The second-order valence-electron chi connectivity index (χ2n) is 9.43. The molecular weight excluding hydrogens is 478 g/mol. The molecule has 0 bridgehead atoms.